The molecule has 1 amide bonds. The van der Waals surface area contributed by atoms with Crippen molar-refractivity contribution in [2.75, 3.05) is 26.1 Å². The van der Waals surface area contributed by atoms with Gasteiger partial charge < -0.3 is 10.1 Å². The molecule has 1 heterocycles. The molecule has 0 atom stereocenters. The summed E-state index contributed by atoms with van der Waals surface area (Å²) in [4.78, 5) is 12.2. The van der Waals surface area contributed by atoms with E-state index >= 15 is 0 Å². The van der Waals surface area contributed by atoms with Crippen LogP contribution in [0.2, 0.25) is 0 Å². The van der Waals surface area contributed by atoms with Crippen molar-refractivity contribution in [1.29, 1.82) is 0 Å². The number of sulfonamides is 1. The maximum atomic E-state index is 12.1. The summed E-state index contributed by atoms with van der Waals surface area (Å²) in [6.45, 7) is 1.11. The summed E-state index contributed by atoms with van der Waals surface area (Å²) in [6, 6.07) is 7.31. The first-order valence-corrected chi connectivity index (χ1v) is 8.32. The van der Waals surface area contributed by atoms with E-state index in [-0.39, 0.29) is 10.8 Å². The quantitative estimate of drug-likeness (QED) is 0.773. The number of carbonyl (C=O) groups is 1. The Morgan fingerprint density at radius 3 is 2.57 bits per heavy atom. The third-order valence-corrected chi connectivity index (χ3v) is 4.53. The molecule has 0 aliphatic carbocycles. The van der Waals surface area contributed by atoms with E-state index in [1.807, 2.05) is 0 Å². The van der Waals surface area contributed by atoms with Gasteiger partial charge in [-0.2, -0.15) is 5.10 Å². The van der Waals surface area contributed by atoms with E-state index in [0.29, 0.717) is 24.5 Å². The van der Waals surface area contributed by atoms with Crippen molar-refractivity contribution in [3.63, 3.8) is 0 Å². The smallest absolute Gasteiger partial charge is 0.256 e. The molecule has 0 saturated heterocycles. The summed E-state index contributed by atoms with van der Waals surface area (Å²) in [5, 5.41) is 6.83. The Balaban J connectivity index is 2.05. The van der Waals surface area contributed by atoms with Crippen molar-refractivity contribution >= 4 is 21.7 Å². The van der Waals surface area contributed by atoms with Gasteiger partial charge in [0.25, 0.3) is 5.91 Å². The van der Waals surface area contributed by atoms with E-state index in [1.165, 1.54) is 31.3 Å². The number of benzene rings is 1. The molecule has 2 N–H and O–H groups in total. The molecule has 0 fully saturated rings. The number of rotatable bonds is 7. The van der Waals surface area contributed by atoms with Gasteiger partial charge in [0.15, 0.2) is 5.82 Å². The zero-order valence-electron chi connectivity index (χ0n) is 12.8. The molecule has 0 aliphatic rings. The second-order valence-electron chi connectivity index (χ2n) is 4.64. The van der Waals surface area contributed by atoms with Gasteiger partial charge in [0, 0.05) is 24.9 Å². The Labute approximate surface area is 134 Å². The SMILES string of the molecule is CNS(=O)(=O)c1ccc(C(=O)Nc2ccn(CCOC)n2)cc1. The Hall–Kier alpha value is -2.23. The third kappa shape index (κ3) is 4.38. The van der Waals surface area contributed by atoms with Gasteiger partial charge in [-0.1, -0.05) is 0 Å². The predicted octanol–water partition coefficient (Wildman–Crippen LogP) is 0.690. The van der Waals surface area contributed by atoms with Crippen LogP contribution in [0.3, 0.4) is 0 Å². The standard InChI is InChI=1S/C14H18N4O4S/c1-15-23(20,21)12-5-3-11(4-6-12)14(19)16-13-7-8-18(17-13)9-10-22-2/h3-8,15H,9-10H2,1-2H3,(H,16,17,19). The number of aromatic nitrogens is 2. The normalized spacial score (nSPS) is 11.4. The van der Waals surface area contributed by atoms with E-state index in [4.69, 9.17) is 4.74 Å². The summed E-state index contributed by atoms with van der Waals surface area (Å²) in [5.41, 5.74) is 0.339. The molecule has 0 aliphatic heterocycles. The zero-order chi connectivity index (χ0) is 16.9. The number of anilines is 1. The van der Waals surface area contributed by atoms with Gasteiger partial charge in [-0.05, 0) is 31.3 Å². The minimum Gasteiger partial charge on any atom is -0.383 e. The summed E-state index contributed by atoms with van der Waals surface area (Å²) < 4.78 is 32.1. The van der Waals surface area contributed by atoms with E-state index in [2.05, 4.69) is 15.1 Å². The summed E-state index contributed by atoms with van der Waals surface area (Å²) in [6.07, 6.45) is 1.73. The molecule has 0 unspecified atom stereocenters. The molecule has 8 nitrogen and oxygen atoms in total. The van der Waals surface area contributed by atoms with Crippen LogP contribution in [0.15, 0.2) is 41.4 Å². The summed E-state index contributed by atoms with van der Waals surface area (Å²) >= 11 is 0. The highest BCUT2D eigenvalue weighted by Gasteiger charge is 2.13. The van der Waals surface area contributed by atoms with Crippen molar-refractivity contribution in [3.05, 3.63) is 42.1 Å². The number of hydrogen-bond donors (Lipinski definition) is 2. The fourth-order valence-corrected chi connectivity index (χ4v) is 2.56. The highest BCUT2D eigenvalue weighted by molar-refractivity contribution is 7.89. The maximum Gasteiger partial charge on any atom is 0.256 e. The minimum absolute atomic E-state index is 0.0976. The Morgan fingerprint density at radius 2 is 1.96 bits per heavy atom. The van der Waals surface area contributed by atoms with Gasteiger partial charge in [0.2, 0.25) is 10.0 Å². The number of nitrogens with zero attached hydrogens (tertiary/aromatic N) is 2. The van der Waals surface area contributed by atoms with Gasteiger partial charge in [-0.25, -0.2) is 13.1 Å². The lowest BCUT2D eigenvalue weighted by Gasteiger charge is -2.05. The van der Waals surface area contributed by atoms with Crippen molar-refractivity contribution in [3.8, 4) is 0 Å². The van der Waals surface area contributed by atoms with Gasteiger partial charge >= 0.3 is 0 Å². The second kappa shape index (κ2) is 7.36. The average Bonchev–Trinajstić information content (AvgIpc) is 3.00. The van der Waals surface area contributed by atoms with Crippen molar-refractivity contribution < 1.29 is 17.9 Å². The van der Waals surface area contributed by atoms with Crippen LogP contribution in [-0.2, 0) is 21.3 Å². The number of hydrogen-bond acceptors (Lipinski definition) is 5. The lowest BCUT2D eigenvalue weighted by molar-refractivity contribution is 0.102. The minimum atomic E-state index is -3.51. The van der Waals surface area contributed by atoms with Gasteiger partial charge in [-0.3, -0.25) is 9.48 Å². The summed E-state index contributed by atoms with van der Waals surface area (Å²) in [7, 11) is -0.584. The number of methoxy groups -OCH3 is 1. The largest absolute Gasteiger partial charge is 0.383 e. The van der Waals surface area contributed by atoms with E-state index < -0.39 is 10.0 Å². The third-order valence-electron chi connectivity index (χ3n) is 3.10. The van der Waals surface area contributed by atoms with Crippen LogP contribution < -0.4 is 10.0 Å². The van der Waals surface area contributed by atoms with Crippen LogP contribution in [0.5, 0.6) is 0 Å². The van der Waals surface area contributed by atoms with Gasteiger partial charge in [-0.15, -0.1) is 0 Å². The van der Waals surface area contributed by atoms with Crippen LogP contribution >= 0.6 is 0 Å². The van der Waals surface area contributed by atoms with E-state index in [9.17, 15) is 13.2 Å². The first kappa shape index (κ1) is 17.1. The van der Waals surface area contributed by atoms with Crippen LogP contribution in [0, 0.1) is 0 Å². The van der Waals surface area contributed by atoms with Gasteiger partial charge in [0.1, 0.15) is 0 Å². The molecule has 9 heteroatoms. The highest BCUT2D eigenvalue weighted by atomic mass is 32.2. The zero-order valence-corrected chi connectivity index (χ0v) is 13.6. The predicted molar refractivity (Wildman–Crippen MR) is 84.7 cm³/mol. The number of carbonyl (C=O) groups excluding carboxylic acids is 1. The molecule has 2 rings (SSSR count). The molecular formula is C14H18N4O4S. The molecule has 2 aromatic rings. The van der Waals surface area contributed by atoms with E-state index in [0.717, 1.165) is 0 Å². The lowest BCUT2D eigenvalue weighted by Crippen LogP contribution is -2.19. The molecule has 0 spiro atoms. The van der Waals surface area contributed by atoms with E-state index in [1.54, 1.807) is 24.1 Å². The molecule has 0 radical (unpaired) electrons. The van der Waals surface area contributed by atoms with Crippen molar-refractivity contribution in [1.82, 2.24) is 14.5 Å². The Morgan fingerprint density at radius 1 is 1.26 bits per heavy atom. The second-order valence-corrected chi connectivity index (χ2v) is 6.53. The molecule has 124 valence electrons. The molecule has 0 bridgehead atoms. The monoisotopic (exact) mass is 338 g/mol. The Kier molecular flexibility index (Phi) is 5.48. The van der Waals surface area contributed by atoms with Gasteiger partial charge in [0.05, 0.1) is 18.0 Å². The number of amides is 1. The first-order chi connectivity index (χ1) is 11.0. The number of ether oxygens (including phenoxy) is 1. The fourth-order valence-electron chi connectivity index (χ4n) is 1.83. The molecule has 1 aromatic heterocycles. The first-order valence-electron chi connectivity index (χ1n) is 6.83. The van der Waals surface area contributed by atoms with Crippen LogP contribution in [0.1, 0.15) is 10.4 Å². The molecule has 23 heavy (non-hydrogen) atoms. The molecular weight excluding hydrogens is 320 g/mol. The Bertz CT molecular complexity index is 768. The lowest BCUT2D eigenvalue weighted by atomic mass is 10.2. The van der Waals surface area contributed by atoms with Crippen LogP contribution in [-0.4, -0.2) is 44.9 Å². The topological polar surface area (TPSA) is 102 Å². The molecule has 0 saturated carbocycles. The van der Waals surface area contributed by atoms with Crippen molar-refractivity contribution in [2.45, 2.75) is 11.4 Å². The maximum absolute atomic E-state index is 12.1. The van der Waals surface area contributed by atoms with Crippen LogP contribution in [0.25, 0.3) is 0 Å². The van der Waals surface area contributed by atoms with Crippen molar-refractivity contribution in [2.24, 2.45) is 0 Å². The average molecular weight is 338 g/mol. The highest BCUT2D eigenvalue weighted by Crippen LogP contribution is 2.12. The summed E-state index contributed by atoms with van der Waals surface area (Å²) in [5.74, 6) is 0.0495. The molecule has 1 aromatic carbocycles. The fraction of sp³-hybridized carbons (Fsp3) is 0.286. The van der Waals surface area contributed by atoms with Crippen LogP contribution in [0.4, 0.5) is 5.82 Å². The number of nitrogens with one attached hydrogen (secondary N) is 2.